The van der Waals surface area contributed by atoms with E-state index < -0.39 is 65.7 Å². The van der Waals surface area contributed by atoms with Crippen LogP contribution in [0, 0.1) is 11.6 Å². The Morgan fingerprint density at radius 2 is 1.80 bits per heavy atom. The summed E-state index contributed by atoms with van der Waals surface area (Å²) in [5, 5.41) is 5.06. The van der Waals surface area contributed by atoms with Gasteiger partial charge in [-0.2, -0.15) is 13.2 Å². The molecule has 0 fully saturated rings. The highest BCUT2D eigenvalue weighted by Gasteiger charge is 2.38. The molecule has 4 aromatic rings. The van der Waals surface area contributed by atoms with Gasteiger partial charge in [0.25, 0.3) is 11.8 Å². The van der Waals surface area contributed by atoms with E-state index in [1.807, 2.05) is 0 Å². The number of carbonyl (C=O) groups excluding carboxylic acids is 2. The molecule has 2 N–H and O–H groups in total. The highest BCUT2D eigenvalue weighted by atomic mass is 35.5. The van der Waals surface area contributed by atoms with Crippen molar-refractivity contribution < 1.29 is 35.9 Å². The van der Waals surface area contributed by atoms with Crippen LogP contribution in [0.3, 0.4) is 0 Å². The monoisotopic (exact) mass is 582 g/mol. The number of rotatable bonds is 5. The molecule has 2 amide bonds. The van der Waals surface area contributed by atoms with Gasteiger partial charge in [0.15, 0.2) is 0 Å². The molecule has 1 aromatic heterocycles. The minimum absolute atomic E-state index is 0.0267. The molecule has 1 unspecified atom stereocenters. The predicted molar refractivity (Wildman–Crippen MR) is 133 cm³/mol. The Labute approximate surface area is 226 Å². The Bertz CT molecular complexity index is 1780. The third-order valence-electron chi connectivity index (χ3n) is 6.57. The normalized spacial score (nSPS) is 14.9. The van der Waals surface area contributed by atoms with Crippen LogP contribution in [0.25, 0.3) is 11.0 Å². The second kappa shape index (κ2) is 9.73. The van der Waals surface area contributed by atoms with Crippen LogP contribution in [0.15, 0.2) is 47.3 Å². The lowest BCUT2D eigenvalue weighted by Crippen LogP contribution is -2.23. The maximum Gasteiger partial charge on any atom is 0.416 e. The van der Waals surface area contributed by atoms with E-state index in [0.717, 1.165) is 21.3 Å². The topological polar surface area (TPSA) is 85.1 Å². The summed E-state index contributed by atoms with van der Waals surface area (Å²) in [6, 6.07) is 4.72. The van der Waals surface area contributed by atoms with Crippen molar-refractivity contribution >= 4 is 40.1 Å². The maximum atomic E-state index is 14.2. The quantitative estimate of drug-likeness (QED) is 0.311. The third kappa shape index (κ3) is 4.49. The van der Waals surface area contributed by atoms with E-state index in [-0.39, 0.29) is 44.5 Å². The van der Waals surface area contributed by atoms with E-state index in [0.29, 0.717) is 12.1 Å². The molecular weight excluding hydrogens is 566 g/mol. The molecule has 14 heteroatoms. The van der Waals surface area contributed by atoms with Crippen LogP contribution in [0.4, 0.5) is 32.0 Å². The molecular formula is C26H17ClF6N4O3. The van der Waals surface area contributed by atoms with Gasteiger partial charge in [0, 0.05) is 34.4 Å². The van der Waals surface area contributed by atoms with Crippen LogP contribution in [-0.2, 0) is 19.8 Å². The van der Waals surface area contributed by atoms with Gasteiger partial charge in [-0.05, 0) is 42.5 Å². The van der Waals surface area contributed by atoms with Gasteiger partial charge >= 0.3 is 11.9 Å². The van der Waals surface area contributed by atoms with Crippen molar-refractivity contribution in [3.05, 3.63) is 97.4 Å². The lowest BCUT2D eigenvalue weighted by molar-refractivity contribution is -0.137. The molecule has 2 heterocycles. The molecule has 1 aliphatic rings. The fraction of sp³-hybridized carbons (Fsp3) is 0.192. The molecule has 5 rings (SSSR count). The first-order valence-corrected chi connectivity index (χ1v) is 12.0. The van der Waals surface area contributed by atoms with Crippen LogP contribution in [-0.4, -0.2) is 27.6 Å². The summed E-state index contributed by atoms with van der Waals surface area (Å²) in [4.78, 5) is 39.3. The zero-order valence-electron chi connectivity index (χ0n) is 20.3. The molecule has 7 nitrogen and oxygen atoms in total. The molecule has 0 aliphatic carbocycles. The standard InChI is InChI=1S/C26H17ClF6N4O3/c1-36-22-18(37(5-4-28)25(36)40)10-17(34-23(38)11-6-12(26(31,32)33)8-14(30)7-11)19-20(22)24(39)35-21(19)15-9-13(29)2-3-16(15)27/h2-3,6-10,21H,4-5H2,1H3,(H,34,38)(H,35,39). The van der Waals surface area contributed by atoms with Crippen LogP contribution in [0.5, 0.6) is 0 Å². The minimum atomic E-state index is -4.95. The minimum Gasteiger partial charge on any atom is -0.341 e. The zero-order valence-corrected chi connectivity index (χ0v) is 21.1. The number of anilines is 1. The number of hydrogen-bond donors (Lipinski definition) is 2. The molecule has 0 saturated carbocycles. The number of imidazole rings is 1. The second-order valence-corrected chi connectivity index (χ2v) is 9.42. The molecule has 1 atom stereocenters. The number of aryl methyl sites for hydroxylation is 2. The van der Waals surface area contributed by atoms with Gasteiger partial charge in [-0.25, -0.2) is 18.0 Å². The van der Waals surface area contributed by atoms with E-state index in [4.69, 9.17) is 11.6 Å². The summed E-state index contributed by atoms with van der Waals surface area (Å²) in [7, 11) is 1.35. The summed E-state index contributed by atoms with van der Waals surface area (Å²) in [6.45, 7) is -1.35. The highest BCUT2D eigenvalue weighted by molar-refractivity contribution is 6.31. The Morgan fingerprint density at radius 1 is 1.07 bits per heavy atom. The average molecular weight is 583 g/mol. The third-order valence-corrected chi connectivity index (χ3v) is 6.91. The van der Waals surface area contributed by atoms with Crippen molar-refractivity contribution in [3.63, 3.8) is 0 Å². The molecule has 40 heavy (non-hydrogen) atoms. The van der Waals surface area contributed by atoms with E-state index in [2.05, 4.69) is 10.6 Å². The number of aromatic nitrogens is 2. The van der Waals surface area contributed by atoms with Crippen LogP contribution < -0.4 is 16.3 Å². The number of benzene rings is 3. The highest BCUT2D eigenvalue weighted by Crippen LogP contribution is 2.43. The van der Waals surface area contributed by atoms with Crippen molar-refractivity contribution in [1.82, 2.24) is 14.5 Å². The number of nitrogens with zero attached hydrogens (tertiary/aromatic N) is 2. The first kappa shape index (κ1) is 27.3. The number of fused-ring (bicyclic) bond motifs is 3. The smallest absolute Gasteiger partial charge is 0.341 e. The molecule has 1 aliphatic heterocycles. The Hall–Kier alpha value is -4.26. The predicted octanol–water partition coefficient (Wildman–Crippen LogP) is 5.35. The molecule has 0 radical (unpaired) electrons. The van der Waals surface area contributed by atoms with Crippen molar-refractivity contribution in [2.24, 2.45) is 7.05 Å². The van der Waals surface area contributed by atoms with Crippen LogP contribution in [0.1, 0.15) is 43.4 Å². The van der Waals surface area contributed by atoms with Gasteiger partial charge in [-0.3, -0.25) is 18.7 Å². The molecule has 208 valence electrons. The van der Waals surface area contributed by atoms with Crippen LogP contribution in [0.2, 0.25) is 5.02 Å². The SMILES string of the molecule is Cn1c(=O)n(CCF)c2cc(NC(=O)c3cc(F)cc(C(F)(F)F)c3)c3c(c21)C(=O)NC3c1cc(F)ccc1Cl. The van der Waals surface area contributed by atoms with Gasteiger partial charge < -0.3 is 10.6 Å². The van der Waals surface area contributed by atoms with Gasteiger partial charge in [-0.1, -0.05) is 11.6 Å². The van der Waals surface area contributed by atoms with Crippen LogP contribution >= 0.6 is 11.6 Å². The number of nitrogens with one attached hydrogen (secondary N) is 2. The summed E-state index contributed by atoms with van der Waals surface area (Å²) in [5.41, 5.74) is -2.84. The van der Waals surface area contributed by atoms with E-state index >= 15 is 0 Å². The van der Waals surface area contributed by atoms with Crippen molar-refractivity contribution in [3.8, 4) is 0 Å². The van der Waals surface area contributed by atoms with E-state index in [9.17, 15) is 40.7 Å². The fourth-order valence-corrected chi connectivity index (χ4v) is 5.08. The van der Waals surface area contributed by atoms with E-state index in [1.165, 1.54) is 19.2 Å². The largest absolute Gasteiger partial charge is 0.416 e. The van der Waals surface area contributed by atoms with Gasteiger partial charge in [0.05, 0.1) is 34.7 Å². The summed E-state index contributed by atoms with van der Waals surface area (Å²) >= 11 is 6.29. The number of alkyl halides is 4. The molecule has 3 aromatic carbocycles. The summed E-state index contributed by atoms with van der Waals surface area (Å²) in [6.07, 6.45) is -4.95. The van der Waals surface area contributed by atoms with Crippen molar-refractivity contribution in [2.75, 3.05) is 12.0 Å². The van der Waals surface area contributed by atoms with Gasteiger partial charge in [0.2, 0.25) is 0 Å². The van der Waals surface area contributed by atoms with Gasteiger partial charge in [-0.15, -0.1) is 0 Å². The van der Waals surface area contributed by atoms with Crippen molar-refractivity contribution in [1.29, 1.82) is 0 Å². The average Bonchev–Trinajstić information content (AvgIpc) is 3.34. The number of carbonyl (C=O) groups is 2. The fourth-order valence-electron chi connectivity index (χ4n) is 4.86. The Kier molecular flexibility index (Phi) is 6.65. The molecule has 0 bridgehead atoms. The lowest BCUT2D eigenvalue weighted by Gasteiger charge is -2.19. The van der Waals surface area contributed by atoms with Gasteiger partial charge in [0.1, 0.15) is 18.3 Å². The van der Waals surface area contributed by atoms with Crippen molar-refractivity contribution in [2.45, 2.75) is 18.8 Å². The first-order chi connectivity index (χ1) is 18.8. The second-order valence-electron chi connectivity index (χ2n) is 9.02. The Balaban J connectivity index is 1.76. The Morgan fingerprint density at radius 3 is 2.48 bits per heavy atom. The summed E-state index contributed by atoms with van der Waals surface area (Å²) < 4.78 is 83.4. The molecule has 0 saturated heterocycles. The first-order valence-electron chi connectivity index (χ1n) is 11.6. The maximum absolute atomic E-state index is 14.2. The number of hydrogen-bond acceptors (Lipinski definition) is 3. The van der Waals surface area contributed by atoms with E-state index in [1.54, 1.807) is 0 Å². The number of halogens is 7. The number of amides is 2. The zero-order chi connectivity index (χ0) is 29.1. The lowest BCUT2D eigenvalue weighted by atomic mass is 9.95. The summed E-state index contributed by atoms with van der Waals surface area (Å²) in [5.74, 6) is -3.93. The molecule has 0 spiro atoms.